The number of carbonyl (C=O) groups is 1. The van der Waals surface area contributed by atoms with Gasteiger partial charge in [0.1, 0.15) is 5.69 Å². The highest BCUT2D eigenvalue weighted by molar-refractivity contribution is 5.93. The van der Waals surface area contributed by atoms with Crippen molar-refractivity contribution >= 4 is 5.91 Å². The van der Waals surface area contributed by atoms with Gasteiger partial charge in [0.15, 0.2) is 11.6 Å². The topological polar surface area (TPSA) is 81.8 Å². The highest BCUT2D eigenvalue weighted by atomic mass is 19.2. The van der Waals surface area contributed by atoms with Crippen molar-refractivity contribution in [2.24, 2.45) is 7.05 Å². The Balaban J connectivity index is 1.43. The van der Waals surface area contributed by atoms with E-state index in [1.54, 1.807) is 13.1 Å². The van der Waals surface area contributed by atoms with Crippen molar-refractivity contribution in [1.82, 2.24) is 24.9 Å². The van der Waals surface area contributed by atoms with Crippen LogP contribution in [0.5, 0.6) is 0 Å². The Morgan fingerprint density at radius 1 is 1.10 bits per heavy atom. The molecule has 0 saturated heterocycles. The molecular weight excluding hydrogens is 392 g/mol. The van der Waals surface area contributed by atoms with Crippen LogP contribution in [0.1, 0.15) is 34.6 Å². The minimum Gasteiger partial charge on any atom is -0.349 e. The third-order valence-corrected chi connectivity index (χ3v) is 5.21. The second-order valence-electron chi connectivity index (χ2n) is 7.31. The molecule has 0 atom stereocenters. The second kappa shape index (κ2) is 8.17. The maximum absolute atomic E-state index is 13.5. The summed E-state index contributed by atoms with van der Waals surface area (Å²) >= 11 is 0. The molecule has 0 bridgehead atoms. The molecule has 156 valence electrons. The first-order valence-corrected chi connectivity index (χ1v) is 9.80. The molecule has 1 aliphatic rings. The lowest BCUT2D eigenvalue weighted by Gasteiger charge is -2.16. The van der Waals surface area contributed by atoms with Crippen molar-refractivity contribution in [3.8, 4) is 11.3 Å². The number of halogens is 2. The van der Waals surface area contributed by atoms with Crippen LogP contribution in [0.4, 0.5) is 8.78 Å². The summed E-state index contributed by atoms with van der Waals surface area (Å²) in [5.41, 5.74) is 2.79. The summed E-state index contributed by atoms with van der Waals surface area (Å²) in [6, 6.07) is 6.59. The molecule has 3 aromatic rings. The number of hydrogen-bond donors (Lipinski definition) is 1. The molecule has 1 N–H and O–H groups in total. The van der Waals surface area contributed by atoms with Crippen LogP contribution in [0.25, 0.3) is 11.3 Å². The summed E-state index contributed by atoms with van der Waals surface area (Å²) in [6.07, 6.45) is 3.89. The smallest absolute Gasteiger partial charge is 0.269 e. The lowest BCUT2D eigenvalue weighted by Crippen LogP contribution is -2.33. The van der Waals surface area contributed by atoms with Gasteiger partial charge in [-0.25, -0.2) is 13.5 Å². The van der Waals surface area contributed by atoms with Gasteiger partial charge in [-0.3, -0.25) is 14.3 Å². The van der Waals surface area contributed by atoms with Crippen LogP contribution in [0.2, 0.25) is 0 Å². The van der Waals surface area contributed by atoms with Crippen molar-refractivity contribution in [2.45, 2.75) is 32.2 Å². The van der Waals surface area contributed by atoms with Crippen LogP contribution in [-0.2, 0) is 26.4 Å². The monoisotopic (exact) mass is 413 g/mol. The molecule has 0 radical (unpaired) electrons. The van der Waals surface area contributed by atoms with Gasteiger partial charge >= 0.3 is 0 Å². The van der Waals surface area contributed by atoms with Crippen LogP contribution in [-0.4, -0.2) is 32.0 Å². The molecule has 0 spiro atoms. The second-order valence-corrected chi connectivity index (χ2v) is 7.31. The molecular formula is C21H21F2N5O2. The molecule has 0 fully saturated rings. The van der Waals surface area contributed by atoms with Gasteiger partial charge in [-0.1, -0.05) is 0 Å². The number of amides is 1. The predicted molar refractivity (Wildman–Crippen MR) is 106 cm³/mol. The molecule has 2 heterocycles. The summed E-state index contributed by atoms with van der Waals surface area (Å²) in [7, 11) is 1.59. The van der Waals surface area contributed by atoms with Crippen LogP contribution in [0.3, 0.4) is 0 Å². The van der Waals surface area contributed by atoms with Crippen molar-refractivity contribution in [2.75, 3.05) is 6.54 Å². The molecule has 7 nitrogen and oxygen atoms in total. The Labute approximate surface area is 171 Å². The molecule has 30 heavy (non-hydrogen) atoms. The zero-order chi connectivity index (χ0) is 21.3. The maximum atomic E-state index is 13.5. The SMILES string of the molecule is Cn1nc(-c2ccc(F)c(F)c2)cc1C(=O)NCCn1nc2c(cc1=O)CCCC2. The van der Waals surface area contributed by atoms with E-state index in [0.29, 0.717) is 11.3 Å². The summed E-state index contributed by atoms with van der Waals surface area (Å²) in [4.78, 5) is 24.7. The molecule has 2 aromatic heterocycles. The summed E-state index contributed by atoms with van der Waals surface area (Å²) in [5, 5.41) is 11.4. The molecule has 9 heteroatoms. The lowest BCUT2D eigenvalue weighted by molar-refractivity contribution is 0.0942. The van der Waals surface area contributed by atoms with Crippen LogP contribution in [0, 0.1) is 11.6 Å². The van der Waals surface area contributed by atoms with E-state index in [2.05, 4.69) is 15.5 Å². The standard InChI is InChI=1S/C21H21F2N5O2/c1-27-19(12-18(25-27)14-6-7-15(22)16(23)10-14)21(30)24-8-9-28-20(29)11-13-4-2-3-5-17(13)26-28/h6-7,10-12H,2-5,8-9H2,1H3,(H,24,30). The van der Waals surface area contributed by atoms with Gasteiger partial charge in [0.2, 0.25) is 0 Å². The Bertz CT molecular complexity index is 1170. The number of fused-ring (bicyclic) bond motifs is 1. The average Bonchev–Trinajstić information content (AvgIpc) is 3.12. The molecule has 0 unspecified atom stereocenters. The first-order valence-electron chi connectivity index (χ1n) is 9.80. The number of rotatable bonds is 5. The Kier molecular flexibility index (Phi) is 5.43. The third-order valence-electron chi connectivity index (χ3n) is 5.21. The molecule has 4 rings (SSSR count). The minimum absolute atomic E-state index is 0.175. The van der Waals surface area contributed by atoms with E-state index in [9.17, 15) is 18.4 Å². The highest BCUT2D eigenvalue weighted by Gasteiger charge is 2.16. The van der Waals surface area contributed by atoms with E-state index in [4.69, 9.17) is 0 Å². The summed E-state index contributed by atoms with van der Waals surface area (Å²) in [6.45, 7) is 0.474. The molecule has 1 aliphatic carbocycles. The number of aryl methyl sites for hydroxylation is 3. The largest absolute Gasteiger partial charge is 0.349 e. The molecule has 0 aliphatic heterocycles. The van der Waals surface area contributed by atoms with Gasteiger partial charge in [0.25, 0.3) is 11.5 Å². The Hall–Kier alpha value is -3.36. The van der Waals surface area contributed by atoms with Gasteiger partial charge < -0.3 is 5.32 Å². The van der Waals surface area contributed by atoms with Crippen LogP contribution >= 0.6 is 0 Å². The average molecular weight is 413 g/mol. The lowest BCUT2D eigenvalue weighted by atomic mass is 9.97. The Morgan fingerprint density at radius 3 is 2.70 bits per heavy atom. The van der Waals surface area contributed by atoms with E-state index in [1.165, 1.54) is 21.5 Å². The zero-order valence-electron chi connectivity index (χ0n) is 16.5. The minimum atomic E-state index is -0.979. The van der Waals surface area contributed by atoms with Gasteiger partial charge in [0, 0.05) is 25.2 Å². The van der Waals surface area contributed by atoms with Crippen molar-refractivity contribution in [3.05, 3.63) is 69.3 Å². The highest BCUT2D eigenvalue weighted by Crippen LogP contribution is 2.21. The van der Waals surface area contributed by atoms with Gasteiger partial charge in [-0.15, -0.1) is 0 Å². The van der Waals surface area contributed by atoms with E-state index in [-0.39, 0.29) is 30.2 Å². The van der Waals surface area contributed by atoms with Crippen molar-refractivity contribution in [1.29, 1.82) is 0 Å². The van der Waals surface area contributed by atoms with E-state index in [0.717, 1.165) is 49.1 Å². The quantitative estimate of drug-likeness (QED) is 0.696. The van der Waals surface area contributed by atoms with E-state index >= 15 is 0 Å². The first-order chi connectivity index (χ1) is 14.4. The van der Waals surface area contributed by atoms with Gasteiger partial charge in [-0.2, -0.15) is 10.2 Å². The molecule has 1 amide bonds. The number of hydrogen-bond acceptors (Lipinski definition) is 4. The fourth-order valence-electron chi connectivity index (χ4n) is 3.60. The molecule has 0 saturated carbocycles. The molecule has 1 aromatic carbocycles. The zero-order valence-corrected chi connectivity index (χ0v) is 16.5. The number of nitrogens with one attached hydrogen (secondary N) is 1. The predicted octanol–water partition coefficient (Wildman–Crippen LogP) is 2.23. The summed E-state index contributed by atoms with van der Waals surface area (Å²) in [5.74, 6) is -2.31. The van der Waals surface area contributed by atoms with Crippen LogP contribution < -0.4 is 10.9 Å². The van der Waals surface area contributed by atoms with Gasteiger partial charge in [0.05, 0.1) is 17.9 Å². The summed E-state index contributed by atoms with van der Waals surface area (Å²) < 4.78 is 29.4. The van der Waals surface area contributed by atoms with Gasteiger partial charge in [-0.05, 0) is 55.5 Å². The fourth-order valence-corrected chi connectivity index (χ4v) is 3.60. The Morgan fingerprint density at radius 2 is 1.90 bits per heavy atom. The third kappa shape index (κ3) is 4.00. The first kappa shape index (κ1) is 19.9. The van der Waals surface area contributed by atoms with Crippen molar-refractivity contribution in [3.63, 3.8) is 0 Å². The number of carbonyl (C=O) groups excluding carboxylic acids is 1. The fraction of sp³-hybridized carbons (Fsp3) is 0.333. The van der Waals surface area contributed by atoms with Crippen LogP contribution in [0.15, 0.2) is 35.1 Å². The number of nitrogens with zero attached hydrogens (tertiary/aromatic N) is 4. The van der Waals surface area contributed by atoms with Crippen molar-refractivity contribution < 1.29 is 13.6 Å². The number of aromatic nitrogens is 4. The number of benzene rings is 1. The van der Waals surface area contributed by atoms with E-state index < -0.39 is 11.6 Å². The maximum Gasteiger partial charge on any atom is 0.269 e. The normalized spacial score (nSPS) is 13.2. The van der Waals surface area contributed by atoms with E-state index in [1.807, 2.05) is 0 Å².